The standard InChI is InChI=1S/C14H20N4/c1-2-4-13-17-12-5-3-7-16-14(12)18(13)10-11-6-8-15-9-11/h3,5,7,11,15H,2,4,6,8-10H2,1H3. The average Bonchev–Trinajstić information content (AvgIpc) is 3.00. The zero-order chi connectivity index (χ0) is 12.4. The minimum absolute atomic E-state index is 0.722. The Bertz CT molecular complexity index is 526. The monoisotopic (exact) mass is 244 g/mol. The Labute approximate surface area is 107 Å². The van der Waals surface area contributed by atoms with Crippen LogP contribution in [0.15, 0.2) is 18.3 Å². The van der Waals surface area contributed by atoms with Crippen molar-refractivity contribution in [1.82, 2.24) is 19.9 Å². The summed E-state index contributed by atoms with van der Waals surface area (Å²) >= 11 is 0. The van der Waals surface area contributed by atoms with Crippen molar-refractivity contribution in [2.45, 2.75) is 32.7 Å². The molecule has 1 fully saturated rings. The summed E-state index contributed by atoms with van der Waals surface area (Å²) < 4.78 is 2.33. The van der Waals surface area contributed by atoms with Crippen LogP contribution in [0.4, 0.5) is 0 Å². The Hall–Kier alpha value is -1.42. The van der Waals surface area contributed by atoms with E-state index in [1.165, 1.54) is 12.2 Å². The predicted molar refractivity (Wildman–Crippen MR) is 72.5 cm³/mol. The lowest BCUT2D eigenvalue weighted by Gasteiger charge is -2.12. The summed E-state index contributed by atoms with van der Waals surface area (Å²) in [7, 11) is 0. The van der Waals surface area contributed by atoms with Crippen molar-refractivity contribution in [3.63, 3.8) is 0 Å². The number of nitrogens with zero attached hydrogens (tertiary/aromatic N) is 3. The van der Waals surface area contributed by atoms with Gasteiger partial charge < -0.3 is 9.88 Å². The Morgan fingerprint density at radius 3 is 3.22 bits per heavy atom. The summed E-state index contributed by atoms with van der Waals surface area (Å²) in [5.74, 6) is 1.91. The average molecular weight is 244 g/mol. The SMILES string of the molecule is CCCc1nc2cccnc2n1CC1CCNC1. The van der Waals surface area contributed by atoms with E-state index < -0.39 is 0 Å². The molecular formula is C14H20N4. The molecule has 0 bridgehead atoms. The van der Waals surface area contributed by atoms with Crippen LogP contribution in [0.1, 0.15) is 25.6 Å². The van der Waals surface area contributed by atoms with Crippen LogP contribution in [0, 0.1) is 5.92 Å². The van der Waals surface area contributed by atoms with Crippen molar-refractivity contribution < 1.29 is 0 Å². The second kappa shape index (κ2) is 5.06. The van der Waals surface area contributed by atoms with Crippen molar-refractivity contribution >= 4 is 11.2 Å². The molecule has 1 aliphatic rings. The lowest BCUT2D eigenvalue weighted by molar-refractivity contribution is 0.475. The molecule has 96 valence electrons. The van der Waals surface area contributed by atoms with Gasteiger partial charge in [0.15, 0.2) is 5.65 Å². The number of rotatable bonds is 4. The summed E-state index contributed by atoms with van der Waals surface area (Å²) in [5.41, 5.74) is 2.08. The van der Waals surface area contributed by atoms with Crippen molar-refractivity contribution in [1.29, 1.82) is 0 Å². The molecule has 1 unspecified atom stereocenters. The summed E-state index contributed by atoms with van der Waals surface area (Å²) in [6, 6.07) is 4.03. The highest BCUT2D eigenvalue weighted by Crippen LogP contribution is 2.19. The molecule has 0 amide bonds. The lowest BCUT2D eigenvalue weighted by atomic mass is 10.1. The van der Waals surface area contributed by atoms with Crippen LogP contribution in [-0.2, 0) is 13.0 Å². The molecule has 4 heteroatoms. The molecule has 0 spiro atoms. The van der Waals surface area contributed by atoms with Gasteiger partial charge >= 0.3 is 0 Å². The summed E-state index contributed by atoms with van der Waals surface area (Å²) in [6.07, 6.45) is 5.30. The second-order valence-corrected chi connectivity index (χ2v) is 5.09. The van der Waals surface area contributed by atoms with Crippen LogP contribution >= 0.6 is 0 Å². The van der Waals surface area contributed by atoms with Gasteiger partial charge in [-0.25, -0.2) is 9.97 Å². The maximum atomic E-state index is 4.72. The van der Waals surface area contributed by atoms with Crippen molar-refractivity contribution in [2.24, 2.45) is 5.92 Å². The Morgan fingerprint density at radius 2 is 2.44 bits per heavy atom. The third kappa shape index (κ3) is 2.12. The fourth-order valence-corrected chi connectivity index (χ4v) is 2.74. The lowest BCUT2D eigenvalue weighted by Crippen LogP contribution is -2.16. The van der Waals surface area contributed by atoms with Crippen molar-refractivity contribution in [2.75, 3.05) is 13.1 Å². The molecular weight excluding hydrogens is 224 g/mol. The molecule has 3 heterocycles. The Kier molecular flexibility index (Phi) is 3.28. The van der Waals surface area contributed by atoms with E-state index in [1.54, 1.807) is 0 Å². The van der Waals surface area contributed by atoms with E-state index in [4.69, 9.17) is 4.98 Å². The zero-order valence-electron chi connectivity index (χ0n) is 10.9. The molecule has 0 radical (unpaired) electrons. The van der Waals surface area contributed by atoms with Crippen LogP contribution in [-0.4, -0.2) is 27.6 Å². The number of hydrogen-bond acceptors (Lipinski definition) is 3. The van der Waals surface area contributed by atoms with Gasteiger partial charge in [0.2, 0.25) is 0 Å². The van der Waals surface area contributed by atoms with E-state index in [9.17, 15) is 0 Å². The molecule has 0 saturated carbocycles. The Morgan fingerprint density at radius 1 is 1.50 bits per heavy atom. The van der Waals surface area contributed by atoms with E-state index in [0.717, 1.165) is 49.6 Å². The van der Waals surface area contributed by atoms with Crippen LogP contribution in [0.2, 0.25) is 0 Å². The molecule has 4 nitrogen and oxygen atoms in total. The third-order valence-electron chi connectivity index (χ3n) is 3.66. The zero-order valence-corrected chi connectivity index (χ0v) is 10.9. The van der Waals surface area contributed by atoms with E-state index in [1.807, 2.05) is 12.3 Å². The van der Waals surface area contributed by atoms with Crippen LogP contribution in [0.3, 0.4) is 0 Å². The summed E-state index contributed by atoms with van der Waals surface area (Å²) in [5, 5.41) is 3.43. The fourth-order valence-electron chi connectivity index (χ4n) is 2.74. The van der Waals surface area contributed by atoms with Gasteiger partial charge in [-0.05, 0) is 44.0 Å². The topological polar surface area (TPSA) is 42.7 Å². The molecule has 2 aromatic heterocycles. The normalized spacial score (nSPS) is 19.7. The van der Waals surface area contributed by atoms with E-state index in [-0.39, 0.29) is 0 Å². The first-order valence-electron chi connectivity index (χ1n) is 6.89. The highest BCUT2D eigenvalue weighted by Gasteiger charge is 2.18. The van der Waals surface area contributed by atoms with Crippen LogP contribution in [0.25, 0.3) is 11.2 Å². The van der Waals surface area contributed by atoms with Crippen LogP contribution in [0.5, 0.6) is 0 Å². The molecule has 0 aromatic carbocycles. The van der Waals surface area contributed by atoms with E-state index in [0.29, 0.717) is 0 Å². The van der Waals surface area contributed by atoms with Crippen molar-refractivity contribution in [3.05, 3.63) is 24.2 Å². The number of imidazole rings is 1. The number of aromatic nitrogens is 3. The third-order valence-corrected chi connectivity index (χ3v) is 3.66. The Balaban J connectivity index is 1.97. The number of pyridine rings is 1. The minimum Gasteiger partial charge on any atom is -0.316 e. The molecule has 3 rings (SSSR count). The van der Waals surface area contributed by atoms with Gasteiger partial charge in [0.05, 0.1) is 0 Å². The fraction of sp³-hybridized carbons (Fsp3) is 0.571. The quantitative estimate of drug-likeness (QED) is 0.894. The van der Waals surface area contributed by atoms with Gasteiger partial charge in [-0.3, -0.25) is 0 Å². The largest absolute Gasteiger partial charge is 0.316 e. The van der Waals surface area contributed by atoms with Gasteiger partial charge in [0, 0.05) is 19.2 Å². The molecule has 0 aliphatic carbocycles. The maximum absolute atomic E-state index is 4.72. The van der Waals surface area contributed by atoms with Crippen molar-refractivity contribution in [3.8, 4) is 0 Å². The smallest absolute Gasteiger partial charge is 0.159 e. The molecule has 2 aromatic rings. The van der Waals surface area contributed by atoms with Gasteiger partial charge in [0.1, 0.15) is 11.3 Å². The van der Waals surface area contributed by atoms with Gasteiger partial charge in [-0.2, -0.15) is 0 Å². The first-order chi connectivity index (χ1) is 8.88. The molecule has 18 heavy (non-hydrogen) atoms. The number of nitrogens with one attached hydrogen (secondary N) is 1. The number of fused-ring (bicyclic) bond motifs is 1. The highest BCUT2D eigenvalue weighted by molar-refractivity contribution is 5.71. The number of aryl methyl sites for hydroxylation is 1. The van der Waals surface area contributed by atoms with Crippen LogP contribution < -0.4 is 5.32 Å². The summed E-state index contributed by atoms with van der Waals surface area (Å²) in [4.78, 5) is 9.23. The van der Waals surface area contributed by atoms with E-state index in [2.05, 4.69) is 27.9 Å². The van der Waals surface area contributed by atoms with E-state index >= 15 is 0 Å². The molecule has 1 aliphatic heterocycles. The second-order valence-electron chi connectivity index (χ2n) is 5.09. The predicted octanol–water partition coefficient (Wildman–Crippen LogP) is 1.99. The maximum Gasteiger partial charge on any atom is 0.159 e. The van der Waals surface area contributed by atoms with Gasteiger partial charge in [0.25, 0.3) is 0 Å². The minimum atomic E-state index is 0.722. The molecule has 1 N–H and O–H groups in total. The molecule has 1 atom stereocenters. The number of hydrogen-bond donors (Lipinski definition) is 1. The first kappa shape index (κ1) is 11.7. The van der Waals surface area contributed by atoms with Gasteiger partial charge in [-0.15, -0.1) is 0 Å². The highest BCUT2D eigenvalue weighted by atomic mass is 15.1. The first-order valence-corrected chi connectivity index (χ1v) is 6.89. The summed E-state index contributed by atoms with van der Waals surface area (Å²) in [6.45, 7) is 5.52. The van der Waals surface area contributed by atoms with Gasteiger partial charge in [-0.1, -0.05) is 6.92 Å². The molecule has 1 saturated heterocycles.